The number of nitrogens with zero attached hydrogens (tertiary/aromatic N) is 1. The molecule has 1 aliphatic carbocycles. The summed E-state index contributed by atoms with van der Waals surface area (Å²) in [7, 11) is 1.52. The summed E-state index contributed by atoms with van der Waals surface area (Å²) >= 11 is 0. The van der Waals surface area contributed by atoms with Crippen molar-refractivity contribution in [2.75, 3.05) is 20.2 Å². The van der Waals surface area contributed by atoms with Crippen LogP contribution in [0.4, 0.5) is 0 Å². The van der Waals surface area contributed by atoms with Gasteiger partial charge in [-0.1, -0.05) is 13.3 Å². The first kappa shape index (κ1) is 16.2. The molecule has 0 radical (unpaired) electrons. The van der Waals surface area contributed by atoms with Crippen LogP contribution >= 0.6 is 0 Å². The van der Waals surface area contributed by atoms with Crippen LogP contribution in [0.1, 0.15) is 37.4 Å². The fraction of sp³-hybridized carbons (Fsp3) is 0.571. The Balaban J connectivity index is 1.81. The Morgan fingerprint density at radius 3 is 3.08 bits per heavy atom. The second-order valence-electron chi connectivity index (χ2n) is 8.34. The maximum Gasteiger partial charge on any atom is 0.319 e. The monoisotopic (exact) mass is 354 g/mol. The van der Waals surface area contributed by atoms with Crippen molar-refractivity contribution in [3.05, 3.63) is 29.5 Å². The Labute approximate surface area is 153 Å². The third-order valence-electron chi connectivity index (χ3n) is 7.14. The summed E-state index contributed by atoms with van der Waals surface area (Å²) in [6.07, 6.45) is 4.07. The molecule has 5 nitrogen and oxygen atoms in total. The highest BCUT2D eigenvalue weighted by atomic mass is 16.5. The molecule has 5 heteroatoms. The number of piperidine rings is 2. The van der Waals surface area contributed by atoms with E-state index in [1.807, 2.05) is 12.1 Å². The van der Waals surface area contributed by atoms with E-state index in [0.29, 0.717) is 11.8 Å². The predicted molar refractivity (Wildman–Crippen MR) is 99.2 cm³/mol. The van der Waals surface area contributed by atoms with Crippen LogP contribution < -0.4 is 0 Å². The smallest absolute Gasteiger partial charge is 0.319 e. The number of fused-ring (bicyclic) bond motifs is 4. The second kappa shape index (κ2) is 5.49. The Morgan fingerprint density at radius 2 is 2.31 bits per heavy atom. The van der Waals surface area contributed by atoms with E-state index in [1.165, 1.54) is 19.1 Å². The van der Waals surface area contributed by atoms with Gasteiger partial charge in [-0.25, -0.2) is 0 Å². The van der Waals surface area contributed by atoms with Crippen molar-refractivity contribution in [3.63, 3.8) is 0 Å². The lowest BCUT2D eigenvalue weighted by Crippen LogP contribution is -2.67. The van der Waals surface area contributed by atoms with Gasteiger partial charge in [0.05, 0.1) is 7.11 Å². The molecule has 5 atom stereocenters. The molecule has 3 fully saturated rings. The number of phenols is 1. The van der Waals surface area contributed by atoms with Gasteiger partial charge in [0.1, 0.15) is 11.2 Å². The van der Waals surface area contributed by atoms with E-state index in [9.17, 15) is 9.90 Å². The molecular weight excluding hydrogens is 328 g/mol. The molecule has 0 amide bonds. The Hall–Kier alpha value is -2.01. The zero-order chi connectivity index (χ0) is 18.1. The van der Waals surface area contributed by atoms with Gasteiger partial charge in [-0.05, 0) is 54.9 Å². The average molecular weight is 354 g/mol. The highest BCUT2D eigenvalue weighted by Gasteiger charge is 2.62. The number of methoxy groups -OCH3 is 1. The predicted octanol–water partition coefficient (Wildman–Crippen LogP) is 2.96. The van der Waals surface area contributed by atoms with E-state index in [4.69, 9.17) is 4.74 Å². The third-order valence-corrected chi connectivity index (χ3v) is 7.14. The van der Waals surface area contributed by atoms with Crippen LogP contribution in [-0.4, -0.2) is 47.2 Å². The number of hydrogen-bond acceptors (Lipinski definition) is 4. The Kier molecular flexibility index (Phi) is 3.42. The molecule has 4 aliphatic rings. The van der Waals surface area contributed by atoms with Crippen molar-refractivity contribution in [2.45, 2.75) is 44.1 Å². The highest BCUT2D eigenvalue weighted by Crippen LogP contribution is 2.55. The number of carbonyl (C=O) groups is 1. The van der Waals surface area contributed by atoms with Gasteiger partial charge < -0.3 is 14.8 Å². The van der Waals surface area contributed by atoms with E-state index >= 15 is 0 Å². The lowest BCUT2D eigenvalue weighted by atomic mass is 9.56. The summed E-state index contributed by atoms with van der Waals surface area (Å²) in [6.45, 7) is 4.30. The molecular formula is C21H26N2O3. The minimum absolute atomic E-state index is 0.103. The topological polar surface area (TPSA) is 65.6 Å². The summed E-state index contributed by atoms with van der Waals surface area (Å²) in [4.78, 5) is 19.4. The van der Waals surface area contributed by atoms with Gasteiger partial charge in [0.2, 0.25) is 0 Å². The van der Waals surface area contributed by atoms with Gasteiger partial charge in [-0.15, -0.1) is 0 Å². The van der Waals surface area contributed by atoms with Gasteiger partial charge in [-0.2, -0.15) is 0 Å². The van der Waals surface area contributed by atoms with Crippen LogP contribution in [0, 0.1) is 11.8 Å². The Bertz CT molecular complexity index is 889. The molecule has 4 bridgehead atoms. The van der Waals surface area contributed by atoms with E-state index in [-0.39, 0.29) is 17.8 Å². The van der Waals surface area contributed by atoms with Crippen LogP contribution in [0.25, 0.3) is 10.9 Å². The first-order valence-electron chi connectivity index (χ1n) is 9.75. The quantitative estimate of drug-likeness (QED) is 0.814. The summed E-state index contributed by atoms with van der Waals surface area (Å²) in [5.41, 5.74) is 2.61. The number of aromatic nitrogens is 1. The first-order chi connectivity index (χ1) is 12.6. The van der Waals surface area contributed by atoms with Crippen molar-refractivity contribution in [1.29, 1.82) is 0 Å². The normalized spacial score (nSPS) is 35.2. The van der Waals surface area contributed by atoms with Gasteiger partial charge in [0, 0.05) is 35.7 Å². The molecule has 1 aromatic heterocycles. The highest BCUT2D eigenvalue weighted by molar-refractivity contribution is 5.92. The number of esters is 1. The number of benzene rings is 1. The molecule has 2 N–H and O–H groups in total. The lowest BCUT2D eigenvalue weighted by Gasteiger charge is -2.57. The molecule has 4 heterocycles. The number of rotatable bonds is 2. The number of aromatic amines is 1. The van der Waals surface area contributed by atoms with Crippen LogP contribution in [0.3, 0.4) is 0 Å². The molecule has 2 saturated heterocycles. The van der Waals surface area contributed by atoms with E-state index in [0.717, 1.165) is 48.9 Å². The fourth-order valence-corrected chi connectivity index (χ4v) is 6.30. The fourth-order valence-electron chi connectivity index (χ4n) is 6.30. The standard InChI is InChI=1S/C21H26N2O3/c1-3-13-8-12-10-21(20(25)26-2)18-15(6-7-23(11-12)19(13)21)16-9-14(24)4-5-17(16)22-18/h4-5,9,12-13,19,22,24H,3,6-8,10-11H2,1-2H3/t12?,13-,19?,21+/m0/s1. The molecule has 1 aromatic carbocycles. The molecule has 0 spiro atoms. The number of carbonyl (C=O) groups excluding carboxylic acids is 1. The van der Waals surface area contributed by atoms with Crippen molar-refractivity contribution < 1.29 is 14.6 Å². The lowest BCUT2D eigenvalue weighted by molar-refractivity contribution is -0.162. The van der Waals surface area contributed by atoms with Crippen LogP contribution in [-0.2, 0) is 21.4 Å². The van der Waals surface area contributed by atoms with E-state index in [2.05, 4.69) is 16.8 Å². The number of ether oxygens (including phenoxy) is 1. The molecule has 6 rings (SSSR count). The number of phenolic OH excluding ortho intramolecular Hbond substituents is 1. The van der Waals surface area contributed by atoms with Crippen molar-refractivity contribution in [1.82, 2.24) is 9.88 Å². The zero-order valence-corrected chi connectivity index (χ0v) is 15.4. The second-order valence-corrected chi connectivity index (χ2v) is 8.34. The van der Waals surface area contributed by atoms with E-state index in [1.54, 1.807) is 6.07 Å². The SMILES string of the molecule is CC[C@H]1CC2CN3CCc4c([nH]c5ccc(O)cc45)[C@](C(=O)OC)(C2)C13. The van der Waals surface area contributed by atoms with Crippen molar-refractivity contribution in [3.8, 4) is 5.75 Å². The molecule has 26 heavy (non-hydrogen) atoms. The summed E-state index contributed by atoms with van der Waals surface area (Å²) in [5.74, 6) is 1.23. The maximum atomic E-state index is 13.3. The largest absolute Gasteiger partial charge is 0.508 e. The van der Waals surface area contributed by atoms with Crippen LogP contribution in [0.15, 0.2) is 18.2 Å². The van der Waals surface area contributed by atoms with Gasteiger partial charge >= 0.3 is 5.97 Å². The number of H-pyrrole nitrogens is 1. The minimum atomic E-state index is -0.614. The molecule has 1 saturated carbocycles. The molecule has 3 aliphatic heterocycles. The van der Waals surface area contributed by atoms with Crippen LogP contribution in [0.5, 0.6) is 5.75 Å². The first-order valence-corrected chi connectivity index (χ1v) is 9.75. The third kappa shape index (κ3) is 1.92. The summed E-state index contributed by atoms with van der Waals surface area (Å²) < 4.78 is 5.41. The van der Waals surface area contributed by atoms with Crippen molar-refractivity contribution >= 4 is 16.9 Å². The summed E-state index contributed by atoms with van der Waals surface area (Å²) in [5, 5.41) is 11.0. The molecule has 138 valence electrons. The zero-order valence-electron chi connectivity index (χ0n) is 15.4. The van der Waals surface area contributed by atoms with Crippen LogP contribution in [0.2, 0.25) is 0 Å². The Morgan fingerprint density at radius 1 is 1.46 bits per heavy atom. The minimum Gasteiger partial charge on any atom is -0.508 e. The number of aromatic hydroxyl groups is 1. The van der Waals surface area contributed by atoms with Crippen molar-refractivity contribution in [2.24, 2.45) is 11.8 Å². The van der Waals surface area contributed by atoms with Gasteiger partial charge in [0.25, 0.3) is 0 Å². The number of nitrogens with one attached hydrogen (secondary N) is 1. The number of hydrogen-bond donors (Lipinski definition) is 2. The molecule has 2 aromatic rings. The molecule has 3 unspecified atom stereocenters. The average Bonchev–Trinajstić information content (AvgIpc) is 2.98. The summed E-state index contributed by atoms with van der Waals surface area (Å²) in [6, 6.07) is 5.65. The van der Waals surface area contributed by atoms with Gasteiger partial charge in [0.15, 0.2) is 0 Å². The van der Waals surface area contributed by atoms with Gasteiger partial charge in [-0.3, -0.25) is 9.69 Å². The van der Waals surface area contributed by atoms with E-state index < -0.39 is 5.41 Å². The maximum absolute atomic E-state index is 13.3.